The van der Waals surface area contributed by atoms with Crippen LogP contribution in [0.25, 0.3) is 0 Å². The molecule has 7 heteroatoms. The van der Waals surface area contributed by atoms with Crippen LogP contribution >= 0.6 is 0 Å². The number of phenols is 1. The average Bonchev–Trinajstić information content (AvgIpc) is 3.71. The van der Waals surface area contributed by atoms with E-state index < -0.39 is 0 Å². The molecule has 2 aliphatic rings. The van der Waals surface area contributed by atoms with Gasteiger partial charge in [-0.3, -0.25) is 4.79 Å². The third kappa shape index (κ3) is 7.57. The maximum Gasteiger partial charge on any atom is 0.338 e. The summed E-state index contributed by atoms with van der Waals surface area (Å²) < 4.78 is 5.57. The molecule has 1 heterocycles. The SMILES string of the molecule is O=C(CO/N=C1/C=C/CC/C=C/CCOC(=O)c2c(cc(O)cc2C2CC2)C1)NCc1ccccc1. The lowest BCUT2D eigenvalue weighted by atomic mass is 9.93. The fourth-order valence-corrected chi connectivity index (χ4v) is 4.09. The number of hydrogen-bond donors (Lipinski definition) is 2. The summed E-state index contributed by atoms with van der Waals surface area (Å²) in [4.78, 5) is 30.7. The number of rotatable bonds is 6. The first kappa shape index (κ1) is 25.2. The first-order valence-electron chi connectivity index (χ1n) is 12.4. The van der Waals surface area contributed by atoms with Crippen LogP contribution in [0.4, 0.5) is 0 Å². The highest BCUT2D eigenvalue weighted by Gasteiger charge is 2.31. The summed E-state index contributed by atoms with van der Waals surface area (Å²) in [5, 5.41) is 17.4. The minimum atomic E-state index is -0.387. The van der Waals surface area contributed by atoms with Gasteiger partial charge in [0, 0.05) is 13.0 Å². The van der Waals surface area contributed by atoms with Gasteiger partial charge in [-0.1, -0.05) is 53.7 Å². The van der Waals surface area contributed by atoms with E-state index in [2.05, 4.69) is 16.5 Å². The van der Waals surface area contributed by atoms with Gasteiger partial charge >= 0.3 is 5.97 Å². The molecule has 0 unspecified atom stereocenters. The first-order chi connectivity index (χ1) is 17.6. The zero-order valence-corrected chi connectivity index (χ0v) is 20.3. The normalized spacial score (nSPS) is 19.4. The topological polar surface area (TPSA) is 97.2 Å². The molecule has 7 nitrogen and oxygen atoms in total. The minimum Gasteiger partial charge on any atom is -0.508 e. The fourth-order valence-electron chi connectivity index (χ4n) is 4.09. The second-order valence-electron chi connectivity index (χ2n) is 9.01. The molecular formula is C29H32N2O5. The number of fused-ring (bicyclic) bond motifs is 1. The van der Waals surface area contributed by atoms with Crippen molar-refractivity contribution >= 4 is 17.6 Å². The van der Waals surface area contributed by atoms with Crippen LogP contribution in [0.15, 0.2) is 71.9 Å². The Hall–Kier alpha value is -3.87. The van der Waals surface area contributed by atoms with Gasteiger partial charge in [0.1, 0.15) is 5.75 Å². The van der Waals surface area contributed by atoms with E-state index in [-0.39, 0.29) is 36.6 Å². The Bertz CT molecular complexity index is 1150. The number of nitrogens with zero attached hydrogens (tertiary/aromatic N) is 1. The highest BCUT2D eigenvalue weighted by Crippen LogP contribution is 2.44. The summed E-state index contributed by atoms with van der Waals surface area (Å²) in [6.45, 7) is 0.485. The predicted octanol–water partition coefficient (Wildman–Crippen LogP) is 4.95. The summed E-state index contributed by atoms with van der Waals surface area (Å²) in [7, 11) is 0. The number of carbonyl (C=O) groups excluding carboxylic acids is 2. The predicted molar refractivity (Wildman–Crippen MR) is 138 cm³/mol. The first-order valence-corrected chi connectivity index (χ1v) is 12.4. The quantitative estimate of drug-likeness (QED) is 0.341. The Labute approximate surface area is 211 Å². The molecule has 1 aliphatic carbocycles. The van der Waals surface area contributed by atoms with Crippen LogP contribution in [0.3, 0.4) is 0 Å². The van der Waals surface area contributed by atoms with Gasteiger partial charge in [0.2, 0.25) is 0 Å². The molecule has 0 saturated heterocycles. The Morgan fingerprint density at radius 2 is 1.86 bits per heavy atom. The Morgan fingerprint density at radius 3 is 2.67 bits per heavy atom. The minimum absolute atomic E-state index is 0.108. The van der Waals surface area contributed by atoms with Crippen LogP contribution < -0.4 is 5.32 Å². The molecule has 188 valence electrons. The number of esters is 1. The van der Waals surface area contributed by atoms with Crippen molar-refractivity contribution in [2.75, 3.05) is 13.2 Å². The van der Waals surface area contributed by atoms with Gasteiger partial charge in [-0.15, -0.1) is 0 Å². The van der Waals surface area contributed by atoms with Crippen LogP contribution in [0.5, 0.6) is 5.75 Å². The number of phenolic OH excluding ortho intramolecular Hbond substituents is 1. The molecule has 1 amide bonds. The lowest BCUT2D eigenvalue weighted by molar-refractivity contribution is -0.125. The van der Waals surface area contributed by atoms with Crippen LogP contribution in [-0.4, -0.2) is 35.9 Å². The number of aromatic hydroxyl groups is 1. The largest absolute Gasteiger partial charge is 0.508 e. The maximum atomic E-state index is 13.1. The smallest absolute Gasteiger partial charge is 0.338 e. The van der Waals surface area contributed by atoms with E-state index in [1.165, 1.54) is 0 Å². The van der Waals surface area contributed by atoms with E-state index in [0.29, 0.717) is 36.4 Å². The summed E-state index contributed by atoms with van der Waals surface area (Å²) in [6.07, 6.45) is 12.5. The molecular weight excluding hydrogens is 456 g/mol. The third-order valence-electron chi connectivity index (χ3n) is 6.03. The van der Waals surface area contributed by atoms with E-state index in [0.717, 1.165) is 36.8 Å². The zero-order chi connectivity index (χ0) is 25.2. The van der Waals surface area contributed by atoms with Crippen LogP contribution in [0.1, 0.15) is 65.1 Å². The molecule has 2 N–H and O–H groups in total. The van der Waals surface area contributed by atoms with Crippen LogP contribution in [0, 0.1) is 0 Å². The average molecular weight is 489 g/mol. The third-order valence-corrected chi connectivity index (χ3v) is 6.03. The molecule has 2 aromatic carbocycles. The lowest BCUT2D eigenvalue weighted by Gasteiger charge is -2.15. The monoisotopic (exact) mass is 488 g/mol. The second kappa shape index (κ2) is 12.7. The van der Waals surface area contributed by atoms with Crippen molar-refractivity contribution in [3.8, 4) is 5.75 Å². The highest BCUT2D eigenvalue weighted by atomic mass is 16.6. The molecule has 4 rings (SSSR count). The number of allylic oxidation sites excluding steroid dienone is 3. The summed E-state index contributed by atoms with van der Waals surface area (Å²) in [5.41, 5.74) is 3.50. The zero-order valence-electron chi connectivity index (χ0n) is 20.3. The number of amides is 1. The van der Waals surface area contributed by atoms with Gasteiger partial charge in [0.25, 0.3) is 5.91 Å². The van der Waals surface area contributed by atoms with Crippen molar-refractivity contribution in [1.82, 2.24) is 5.32 Å². The number of benzene rings is 2. The van der Waals surface area contributed by atoms with Crippen molar-refractivity contribution in [1.29, 1.82) is 0 Å². The van der Waals surface area contributed by atoms with Crippen LogP contribution in [0.2, 0.25) is 0 Å². The number of cyclic esters (lactones) is 1. The molecule has 0 radical (unpaired) electrons. The molecule has 0 aromatic heterocycles. The van der Waals surface area contributed by atoms with E-state index >= 15 is 0 Å². The molecule has 1 fully saturated rings. The highest BCUT2D eigenvalue weighted by molar-refractivity contribution is 6.00. The number of hydrogen-bond acceptors (Lipinski definition) is 6. The Balaban J connectivity index is 1.51. The van der Waals surface area contributed by atoms with Gasteiger partial charge < -0.3 is 20.0 Å². The standard InChI is InChI=1S/C29H32N2O5/c32-25-17-23-16-24(31-36-20-27(33)30-19-21-10-6-5-7-11-21)12-8-3-1-2-4-9-15-35-29(34)28(23)26(18-25)22-13-14-22/h2,4-8,10-12,17-18,22,32H,1,3,9,13-16,19-20H2,(H,30,33)/b4-2+,12-8+,31-24-. The van der Waals surface area contributed by atoms with Crippen molar-refractivity contribution < 1.29 is 24.3 Å². The molecule has 0 atom stereocenters. The van der Waals surface area contributed by atoms with E-state index in [1.807, 2.05) is 48.6 Å². The van der Waals surface area contributed by atoms with Gasteiger partial charge in [0.05, 0.1) is 17.9 Å². The van der Waals surface area contributed by atoms with Crippen molar-refractivity contribution in [3.63, 3.8) is 0 Å². The van der Waals surface area contributed by atoms with E-state index in [9.17, 15) is 14.7 Å². The molecule has 0 spiro atoms. The number of nitrogens with one attached hydrogen (secondary N) is 1. The van der Waals surface area contributed by atoms with Crippen molar-refractivity contribution in [2.24, 2.45) is 5.16 Å². The molecule has 0 bridgehead atoms. The summed E-state index contributed by atoms with van der Waals surface area (Å²) in [6, 6.07) is 12.9. The Morgan fingerprint density at radius 1 is 1.08 bits per heavy atom. The summed E-state index contributed by atoms with van der Waals surface area (Å²) in [5.74, 6) is -0.313. The Kier molecular flexibility index (Phi) is 8.92. The number of carbonyl (C=O) groups is 2. The maximum absolute atomic E-state index is 13.1. The van der Waals surface area contributed by atoms with Gasteiger partial charge in [0.15, 0.2) is 6.61 Å². The molecule has 36 heavy (non-hydrogen) atoms. The fraction of sp³-hybridized carbons (Fsp3) is 0.345. The molecule has 1 saturated carbocycles. The van der Waals surface area contributed by atoms with Gasteiger partial charge in [-0.05, 0) is 72.9 Å². The van der Waals surface area contributed by atoms with Gasteiger partial charge in [-0.25, -0.2) is 4.79 Å². The molecule has 2 aromatic rings. The number of ether oxygens (including phenoxy) is 1. The van der Waals surface area contributed by atoms with Crippen molar-refractivity contribution in [3.05, 3.63) is 89.0 Å². The van der Waals surface area contributed by atoms with E-state index in [4.69, 9.17) is 9.57 Å². The van der Waals surface area contributed by atoms with Crippen molar-refractivity contribution in [2.45, 2.75) is 51.0 Å². The lowest BCUT2D eigenvalue weighted by Crippen LogP contribution is -2.26. The van der Waals surface area contributed by atoms with E-state index in [1.54, 1.807) is 12.1 Å². The summed E-state index contributed by atoms with van der Waals surface area (Å²) >= 11 is 0. The van der Waals surface area contributed by atoms with Crippen LogP contribution in [-0.2, 0) is 27.3 Å². The number of oxime groups is 1. The second-order valence-corrected chi connectivity index (χ2v) is 9.01. The molecule has 1 aliphatic heterocycles. The van der Waals surface area contributed by atoms with Gasteiger partial charge in [-0.2, -0.15) is 0 Å².